The summed E-state index contributed by atoms with van der Waals surface area (Å²) >= 11 is 0. The van der Waals surface area contributed by atoms with Gasteiger partial charge in [-0.15, -0.1) is 0 Å². The monoisotopic (exact) mass is 260 g/mol. The predicted octanol–water partition coefficient (Wildman–Crippen LogP) is 2.52. The van der Waals surface area contributed by atoms with E-state index in [1.165, 1.54) is 12.0 Å². The van der Waals surface area contributed by atoms with E-state index in [0.717, 1.165) is 24.8 Å². The van der Waals surface area contributed by atoms with Crippen molar-refractivity contribution in [3.05, 3.63) is 35.4 Å². The van der Waals surface area contributed by atoms with Gasteiger partial charge in [0.15, 0.2) is 0 Å². The van der Waals surface area contributed by atoms with Crippen molar-refractivity contribution in [2.45, 2.75) is 51.6 Å². The number of nitrogens with two attached hydrogens (primary N) is 1. The van der Waals surface area contributed by atoms with Crippen molar-refractivity contribution in [2.75, 3.05) is 0 Å². The zero-order valence-corrected chi connectivity index (χ0v) is 11.9. The quantitative estimate of drug-likeness (QED) is 0.877. The molecule has 0 spiro atoms. The second-order valence-corrected chi connectivity index (χ2v) is 6.03. The standard InChI is InChI=1S/C16H24N2O/c1-12-5-3-7-14(9-12)11-18-15(19)16(17)8-4-6-13(2)10-16/h3,5,7,9,13H,4,6,8,10-11,17H2,1-2H3,(H,18,19). The molecule has 1 saturated carbocycles. The van der Waals surface area contributed by atoms with Gasteiger partial charge in [-0.1, -0.05) is 49.6 Å². The minimum Gasteiger partial charge on any atom is -0.350 e. The second-order valence-electron chi connectivity index (χ2n) is 6.03. The van der Waals surface area contributed by atoms with E-state index in [1.54, 1.807) is 0 Å². The SMILES string of the molecule is Cc1cccc(CNC(=O)C2(N)CCCC(C)C2)c1. The zero-order chi connectivity index (χ0) is 13.9. The molecule has 0 heterocycles. The number of hydrogen-bond donors (Lipinski definition) is 2. The van der Waals surface area contributed by atoms with Crippen LogP contribution in [0.5, 0.6) is 0 Å². The van der Waals surface area contributed by atoms with Crippen LogP contribution in [-0.2, 0) is 11.3 Å². The molecule has 2 rings (SSSR count). The van der Waals surface area contributed by atoms with Gasteiger partial charge in [0.1, 0.15) is 0 Å². The first kappa shape index (κ1) is 14.1. The van der Waals surface area contributed by atoms with Crippen molar-refractivity contribution in [3.63, 3.8) is 0 Å². The fourth-order valence-electron chi connectivity index (χ4n) is 2.98. The molecule has 2 atom stereocenters. The van der Waals surface area contributed by atoms with E-state index in [1.807, 2.05) is 12.1 Å². The molecule has 19 heavy (non-hydrogen) atoms. The van der Waals surface area contributed by atoms with E-state index < -0.39 is 5.54 Å². The first-order valence-electron chi connectivity index (χ1n) is 7.12. The van der Waals surface area contributed by atoms with Crippen LogP contribution >= 0.6 is 0 Å². The van der Waals surface area contributed by atoms with Gasteiger partial charge >= 0.3 is 0 Å². The van der Waals surface area contributed by atoms with E-state index in [0.29, 0.717) is 12.5 Å². The number of nitrogens with one attached hydrogen (secondary N) is 1. The maximum Gasteiger partial charge on any atom is 0.240 e. The fourth-order valence-corrected chi connectivity index (χ4v) is 2.98. The van der Waals surface area contributed by atoms with Crippen LogP contribution in [0, 0.1) is 12.8 Å². The Hall–Kier alpha value is -1.35. The summed E-state index contributed by atoms with van der Waals surface area (Å²) in [5.74, 6) is 0.545. The molecule has 104 valence electrons. The Labute approximate surface area is 115 Å². The maximum absolute atomic E-state index is 12.3. The molecule has 1 aliphatic carbocycles. The van der Waals surface area contributed by atoms with E-state index in [2.05, 4.69) is 31.3 Å². The highest BCUT2D eigenvalue weighted by Crippen LogP contribution is 2.30. The van der Waals surface area contributed by atoms with E-state index in [-0.39, 0.29) is 5.91 Å². The minimum atomic E-state index is -0.665. The first-order valence-corrected chi connectivity index (χ1v) is 7.12. The summed E-state index contributed by atoms with van der Waals surface area (Å²) in [6.07, 6.45) is 3.84. The highest BCUT2D eigenvalue weighted by atomic mass is 16.2. The van der Waals surface area contributed by atoms with Crippen LogP contribution in [0.25, 0.3) is 0 Å². The van der Waals surface area contributed by atoms with Crippen molar-refractivity contribution in [3.8, 4) is 0 Å². The number of aryl methyl sites for hydroxylation is 1. The van der Waals surface area contributed by atoms with Gasteiger partial charge in [-0.3, -0.25) is 4.79 Å². The lowest BCUT2D eigenvalue weighted by molar-refractivity contribution is -0.128. The average Bonchev–Trinajstić information content (AvgIpc) is 2.35. The molecule has 3 N–H and O–H groups in total. The van der Waals surface area contributed by atoms with Gasteiger partial charge in [0.25, 0.3) is 0 Å². The number of benzene rings is 1. The maximum atomic E-state index is 12.3. The molecule has 0 bridgehead atoms. The Morgan fingerprint density at radius 2 is 2.32 bits per heavy atom. The Balaban J connectivity index is 1.94. The first-order chi connectivity index (χ1) is 8.99. The van der Waals surface area contributed by atoms with Crippen LogP contribution in [0.15, 0.2) is 24.3 Å². The normalized spacial score (nSPS) is 27.0. The molecular weight excluding hydrogens is 236 g/mol. The molecule has 1 amide bonds. The summed E-state index contributed by atoms with van der Waals surface area (Å²) in [4.78, 5) is 12.3. The molecule has 1 aliphatic rings. The summed E-state index contributed by atoms with van der Waals surface area (Å²) in [6, 6.07) is 8.18. The molecule has 0 saturated heterocycles. The predicted molar refractivity (Wildman–Crippen MR) is 77.6 cm³/mol. The minimum absolute atomic E-state index is 0.000515. The molecule has 2 unspecified atom stereocenters. The molecule has 3 nitrogen and oxygen atoms in total. The Kier molecular flexibility index (Phi) is 4.25. The van der Waals surface area contributed by atoms with Crippen LogP contribution in [0.3, 0.4) is 0 Å². The van der Waals surface area contributed by atoms with Crippen molar-refractivity contribution in [1.82, 2.24) is 5.32 Å². The molecular formula is C16H24N2O. The number of carbonyl (C=O) groups excluding carboxylic acids is 1. The van der Waals surface area contributed by atoms with Crippen LogP contribution in [-0.4, -0.2) is 11.4 Å². The van der Waals surface area contributed by atoms with Crippen molar-refractivity contribution < 1.29 is 4.79 Å². The van der Waals surface area contributed by atoms with Gasteiger partial charge in [0, 0.05) is 6.54 Å². The summed E-state index contributed by atoms with van der Waals surface area (Å²) in [5, 5.41) is 2.99. The van der Waals surface area contributed by atoms with Crippen molar-refractivity contribution in [1.29, 1.82) is 0 Å². The van der Waals surface area contributed by atoms with E-state index in [9.17, 15) is 4.79 Å². The molecule has 0 radical (unpaired) electrons. The number of amides is 1. The Bertz CT molecular complexity index is 458. The fraction of sp³-hybridized carbons (Fsp3) is 0.562. The number of carbonyl (C=O) groups is 1. The largest absolute Gasteiger partial charge is 0.350 e. The smallest absolute Gasteiger partial charge is 0.240 e. The van der Waals surface area contributed by atoms with Crippen LogP contribution in [0.2, 0.25) is 0 Å². The summed E-state index contributed by atoms with van der Waals surface area (Å²) in [5.41, 5.74) is 7.94. The van der Waals surface area contributed by atoms with E-state index >= 15 is 0 Å². The molecule has 1 fully saturated rings. The third-order valence-corrected chi connectivity index (χ3v) is 4.02. The lowest BCUT2D eigenvalue weighted by Crippen LogP contribution is -2.56. The van der Waals surface area contributed by atoms with Gasteiger partial charge in [0.2, 0.25) is 5.91 Å². The molecule has 3 heteroatoms. The third-order valence-electron chi connectivity index (χ3n) is 4.02. The van der Waals surface area contributed by atoms with Crippen molar-refractivity contribution >= 4 is 5.91 Å². The lowest BCUT2D eigenvalue weighted by atomic mass is 9.76. The molecule has 0 aromatic heterocycles. The number of hydrogen-bond acceptors (Lipinski definition) is 2. The second kappa shape index (κ2) is 5.74. The lowest BCUT2D eigenvalue weighted by Gasteiger charge is -2.35. The summed E-state index contributed by atoms with van der Waals surface area (Å²) < 4.78 is 0. The van der Waals surface area contributed by atoms with E-state index in [4.69, 9.17) is 5.73 Å². The van der Waals surface area contributed by atoms with Gasteiger partial charge in [-0.25, -0.2) is 0 Å². The third kappa shape index (κ3) is 3.57. The highest BCUT2D eigenvalue weighted by molar-refractivity contribution is 5.86. The summed E-state index contributed by atoms with van der Waals surface area (Å²) in [7, 11) is 0. The highest BCUT2D eigenvalue weighted by Gasteiger charge is 2.37. The average molecular weight is 260 g/mol. The van der Waals surface area contributed by atoms with Crippen LogP contribution in [0.1, 0.15) is 43.7 Å². The van der Waals surface area contributed by atoms with Gasteiger partial charge in [-0.2, -0.15) is 0 Å². The molecule has 1 aromatic carbocycles. The van der Waals surface area contributed by atoms with Crippen molar-refractivity contribution in [2.24, 2.45) is 11.7 Å². The van der Waals surface area contributed by atoms with Crippen LogP contribution < -0.4 is 11.1 Å². The number of rotatable bonds is 3. The van der Waals surface area contributed by atoms with Gasteiger partial charge < -0.3 is 11.1 Å². The topological polar surface area (TPSA) is 55.1 Å². The summed E-state index contributed by atoms with van der Waals surface area (Å²) in [6.45, 7) is 4.79. The van der Waals surface area contributed by atoms with Gasteiger partial charge in [-0.05, 0) is 31.2 Å². The molecule has 0 aliphatic heterocycles. The van der Waals surface area contributed by atoms with Crippen LogP contribution in [0.4, 0.5) is 0 Å². The zero-order valence-electron chi connectivity index (χ0n) is 11.9. The molecule has 1 aromatic rings. The Morgan fingerprint density at radius 1 is 1.53 bits per heavy atom. The van der Waals surface area contributed by atoms with Gasteiger partial charge in [0.05, 0.1) is 5.54 Å². The Morgan fingerprint density at radius 3 is 3.00 bits per heavy atom.